The smallest absolute Gasteiger partial charge is 0.368 e. The number of aromatic nitrogens is 6. The van der Waals surface area contributed by atoms with Crippen LogP contribution in [0.1, 0.15) is 29.9 Å². The lowest BCUT2D eigenvalue weighted by atomic mass is 10.0. The third-order valence-corrected chi connectivity index (χ3v) is 4.00. The minimum Gasteiger partial charge on any atom is -0.473 e. The van der Waals surface area contributed by atoms with Gasteiger partial charge in [-0.2, -0.15) is 14.5 Å². The summed E-state index contributed by atoms with van der Waals surface area (Å²) in [5.41, 5.74) is 2.61. The van der Waals surface area contributed by atoms with Gasteiger partial charge in [0.25, 0.3) is 0 Å². The third-order valence-electron chi connectivity index (χ3n) is 4.00. The molecule has 8 nitrogen and oxygen atoms in total. The number of hydrogen-bond donors (Lipinski definition) is 1. The summed E-state index contributed by atoms with van der Waals surface area (Å²) in [5.74, 6) is 1.12. The van der Waals surface area contributed by atoms with Crippen molar-refractivity contribution in [2.45, 2.75) is 25.4 Å². The van der Waals surface area contributed by atoms with Crippen LogP contribution in [-0.4, -0.2) is 30.0 Å². The lowest BCUT2D eigenvalue weighted by Gasteiger charge is -2.14. The highest BCUT2D eigenvalue weighted by Crippen LogP contribution is 2.42. The van der Waals surface area contributed by atoms with E-state index in [0.29, 0.717) is 24.1 Å². The normalized spacial score (nSPS) is 14.1. The van der Waals surface area contributed by atoms with Gasteiger partial charge in [0.1, 0.15) is 6.61 Å². The van der Waals surface area contributed by atoms with Crippen LogP contribution in [0.5, 0.6) is 5.88 Å². The van der Waals surface area contributed by atoms with Gasteiger partial charge < -0.3 is 4.74 Å². The van der Waals surface area contributed by atoms with Gasteiger partial charge in [-0.15, -0.1) is 0 Å². The molecule has 0 atom stereocenters. The van der Waals surface area contributed by atoms with E-state index in [0.717, 1.165) is 18.4 Å². The minimum absolute atomic E-state index is 0.277. The molecule has 1 fully saturated rings. The van der Waals surface area contributed by atoms with Crippen LogP contribution in [0.15, 0.2) is 35.3 Å². The molecule has 23 heavy (non-hydrogen) atoms. The summed E-state index contributed by atoms with van der Waals surface area (Å²) in [6, 6.07) is 7.67. The largest absolute Gasteiger partial charge is 0.473 e. The number of aromatic amines is 1. The molecular formula is C15H16N6O2. The number of aryl methyl sites for hydroxylation is 1. The Balaban J connectivity index is 1.77. The van der Waals surface area contributed by atoms with Gasteiger partial charge in [0.15, 0.2) is 0 Å². The van der Waals surface area contributed by atoms with Crippen molar-refractivity contribution in [1.82, 2.24) is 30.0 Å². The third kappa shape index (κ3) is 2.52. The monoisotopic (exact) mass is 312 g/mol. The topological polar surface area (TPSA) is 90.6 Å². The van der Waals surface area contributed by atoms with Gasteiger partial charge in [0, 0.05) is 18.7 Å². The van der Waals surface area contributed by atoms with Crippen molar-refractivity contribution in [2.75, 3.05) is 0 Å². The highest BCUT2D eigenvalue weighted by molar-refractivity contribution is 5.47. The Kier molecular flexibility index (Phi) is 3.22. The van der Waals surface area contributed by atoms with E-state index in [9.17, 15) is 4.79 Å². The van der Waals surface area contributed by atoms with Crippen LogP contribution in [0.3, 0.4) is 0 Å². The average molecular weight is 312 g/mol. The summed E-state index contributed by atoms with van der Waals surface area (Å²) >= 11 is 0. The van der Waals surface area contributed by atoms with E-state index in [4.69, 9.17) is 4.74 Å². The molecule has 0 unspecified atom stereocenters. The van der Waals surface area contributed by atoms with E-state index in [2.05, 4.69) is 26.7 Å². The SMILES string of the molecule is Cn1nnn(-c2cccc(C3CC3)c2COc2ccn[nH]2)c1=O. The van der Waals surface area contributed by atoms with Crippen LogP contribution < -0.4 is 10.4 Å². The first-order valence-corrected chi connectivity index (χ1v) is 7.47. The summed E-state index contributed by atoms with van der Waals surface area (Å²) in [7, 11) is 1.58. The number of benzene rings is 1. The molecule has 0 amide bonds. The van der Waals surface area contributed by atoms with E-state index >= 15 is 0 Å². The number of H-pyrrole nitrogens is 1. The van der Waals surface area contributed by atoms with Gasteiger partial charge in [-0.3, -0.25) is 0 Å². The highest BCUT2D eigenvalue weighted by Gasteiger charge is 2.28. The fraction of sp³-hybridized carbons (Fsp3) is 0.333. The zero-order valence-corrected chi connectivity index (χ0v) is 12.6. The summed E-state index contributed by atoms with van der Waals surface area (Å²) < 4.78 is 8.30. The molecule has 1 N–H and O–H groups in total. The first kappa shape index (κ1) is 13.7. The van der Waals surface area contributed by atoms with E-state index in [1.807, 2.05) is 12.1 Å². The molecule has 2 heterocycles. The van der Waals surface area contributed by atoms with Crippen molar-refractivity contribution in [3.8, 4) is 11.6 Å². The number of tetrazole rings is 1. The Hall–Kier alpha value is -2.90. The van der Waals surface area contributed by atoms with Gasteiger partial charge in [-0.05, 0) is 40.8 Å². The molecule has 118 valence electrons. The van der Waals surface area contributed by atoms with Crippen molar-refractivity contribution < 1.29 is 4.74 Å². The number of hydrogen-bond acceptors (Lipinski definition) is 5. The first-order chi connectivity index (χ1) is 11.2. The quantitative estimate of drug-likeness (QED) is 0.763. The number of ether oxygens (including phenoxy) is 1. The van der Waals surface area contributed by atoms with Gasteiger partial charge in [-0.1, -0.05) is 12.1 Å². The molecule has 1 aromatic carbocycles. The second-order valence-electron chi connectivity index (χ2n) is 5.63. The van der Waals surface area contributed by atoms with E-state index in [-0.39, 0.29) is 5.69 Å². The second-order valence-corrected chi connectivity index (χ2v) is 5.63. The molecule has 0 aliphatic heterocycles. The predicted molar refractivity (Wildman–Crippen MR) is 81.5 cm³/mol. The van der Waals surface area contributed by atoms with Crippen molar-refractivity contribution in [1.29, 1.82) is 0 Å². The first-order valence-electron chi connectivity index (χ1n) is 7.47. The van der Waals surface area contributed by atoms with Gasteiger partial charge in [-0.25, -0.2) is 9.89 Å². The molecule has 0 spiro atoms. The van der Waals surface area contributed by atoms with E-state index in [1.54, 1.807) is 19.3 Å². The van der Waals surface area contributed by atoms with Crippen molar-refractivity contribution >= 4 is 0 Å². The van der Waals surface area contributed by atoms with Gasteiger partial charge >= 0.3 is 5.69 Å². The summed E-state index contributed by atoms with van der Waals surface area (Å²) in [5, 5.41) is 14.4. The average Bonchev–Trinajstić information content (AvgIpc) is 3.18. The lowest BCUT2D eigenvalue weighted by Crippen LogP contribution is -2.23. The van der Waals surface area contributed by atoms with Crippen molar-refractivity contribution in [2.24, 2.45) is 7.05 Å². The Bertz CT molecular complexity index is 876. The molecule has 8 heteroatoms. The lowest BCUT2D eigenvalue weighted by molar-refractivity contribution is 0.291. The molecule has 0 radical (unpaired) electrons. The molecule has 1 aliphatic carbocycles. The van der Waals surface area contributed by atoms with Gasteiger partial charge in [0.05, 0.1) is 11.9 Å². The molecule has 3 aromatic rings. The van der Waals surface area contributed by atoms with Crippen molar-refractivity contribution in [3.63, 3.8) is 0 Å². The zero-order chi connectivity index (χ0) is 15.8. The number of nitrogens with one attached hydrogen (secondary N) is 1. The molecule has 4 rings (SSSR count). The highest BCUT2D eigenvalue weighted by atomic mass is 16.5. The fourth-order valence-corrected chi connectivity index (χ4v) is 2.66. The Morgan fingerprint density at radius 1 is 1.30 bits per heavy atom. The molecule has 0 saturated heterocycles. The van der Waals surface area contributed by atoms with Gasteiger partial charge in [0.2, 0.25) is 5.88 Å². The van der Waals surface area contributed by atoms with Crippen LogP contribution in [-0.2, 0) is 13.7 Å². The standard InChI is InChI=1S/C15H16N6O2/c1-20-15(22)21(19-18-20)13-4-2-3-11(10-5-6-10)12(13)9-23-14-7-8-16-17-14/h2-4,7-8,10H,5-6,9H2,1H3,(H,16,17). The summed E-state index contributed by atoms with van der Waals surface area (Å²) in [6.45, 7) is 0.340. The molecular weight excluding hydrogens is 296 g/mol. The molecule has 1 saturated carbocycles. The van der Waals surface area contributed by atoms with Crippen LogP contribution in [0, 0.1) is 0 Å². The van der Waals surface area contributed by atoms with Crippen LogP contribution in [0.4, 0.5) is 0 Å². The Morgan fingerprint density at radius 3 is 2.83 bits per heavy atom. The Labute approximate surface area is 131 Å². The number of nitrogens with zero attached hydrogens (tertiary/aromatic N) is 5. The van der Waals surface area contributed by atoms with E-state index < -0.39 is 0 Å². The molecule has 0 bridgehead atoms. The van der Waals surface area contributed by atoms with Crippen molar-refractivity contribution in [3.05, 3.63) is 52.1 Å². The second kappa shape index (κ2) is 5.38. The fourth-order valence-electron chi connectivity index (χ4n) is 2.66. The van der Waals surface area contributed by atoms with E-state index in [1.165, 1.54) is 14.9 Å². The Morgan fingerprint density at radius 2 is 2.17 bits per heavy atom. The van der Waals surface area contributed by atoms with Crippen LogP contribution in [0.25, 0.3) is 5.69 Å². The molecule has 1 aliphatic rings. The minimum atomic E-state index is -0.277. The van der Waals surface area contributed by atoms with Crippen LogP contribution >= 0.6 is 0 Å². The maximum Gasteiger partial charge on any atom is 0.368 e. The molecule has 2 aromatic heterocycles. The number of rotatable bonds is 5. The predicted octanol–water partition coefficient (Wildman–Crippen LogP) is 1.15. The maximum atomic E-state index is 12.2. The maximum absolute atomic E-state index is 12.2. The summed E-state index contributed by atoms with van der Waals surface area (Å²) in [6.07, 6.45) is 3.96. The van der Waals surface area contributed by atoms with Crippen LogP contribution in [0.2, 0.25) is 0 Å². The zero-order valence-electron chi connectivity index (χ0n) is 12.6. The summed E-state index contributed by atoms with van der Waals surface area (Å²) in [4.78, 5) is 12.2.